The number of oxazole rings is 1. The highest BCUT2D eigenvalue weighted by molar-refractivity contribution is 5.76. The van der Waals surface area contributed by atoms with Gasteiger partial charge in [-0.05, 0) is 17.5 Å². The van der Waals surface area contributed by atoms with Crippen LogP contribution >= 0.6 is 0 Å². The first kappa shape index (κ1) is 16.3. The van der Waals surface area contributed by atoms with E-state index >= 15 is 0 Å². The lowest BCUT2D eigenvalue weighted by Gasteiger charge is -2.17. The van der Waals surface area contributed by atoms with Gasteiger partial charge in [0.2, 0.25) is 0 Å². The minimum atomic E-state index is 0.113. The minimum Gasteiger partial charge on any atom is -0.489 e. The Labute approximate surface area is 129 Å². The zero-order valence-electron chi connectivity index (χ0n) is 13.1. The molecular formula is C16H22FN3O2. The number of nitrogens with zero attached hydrogens (tertiary/aromatic N) is 1. The Hall–Kier alpha value is -2.08. The smallest absolute Gasteiger partial charge is 0.295 e. The summed E-state index contributed by atoms with van der Waals surface area (Å²) in [5, 5.41) is 3.17. The van der Waals surface area contributed by atoms with Gasteiger partial charge in [-0.15, -0.1) is 0 Å². The van der Waals surface area contributed by atoms with Crippen LogP contribution in [0.15, 0.2) is 34.5 Å². The number of aromatic nitrogens is 1. The van der Waals surface area contributed by atoms with E-state index in [0.717, 1.165) is 12.1 Å². The third kappa shape index (κ3) is 4.46. The average molecular weight is 307 g/mol. The van der Waals surface area contributed by atoms with E-state index < -0.39 is 0 Å². The molecule has 0 bridgehead atoms. The highest BCUT2D eigenvalue weighted by Crippen LogP contribution is 2.25. The molecule has 0 aliphatic carbocycles. The molecule has 0 unspecified atom stereocenters. The Balaban J connectivity index is 2.07. The molecular weight excluding hydrogens is 285 g/mol. The maximum atomic E-state index is 12.4. The van der Waals surface area contributed by atoms with E-state index in [1.54, 1.807) is 18.2 Å². The van der Waals surface area contributed by atoms with Gasteiger partial charge in [0.05, 0.1) is 6.33 Å². The van der Waals surface area contributed by atoms with Crippen LogP contribution in [0, 0.1) is 5.41 Å². The molecule has 2 aromatic rings. The highest BCUT2D eigenvalue weighted by Gasteiger charge is 2.12. The van der Waals surface area contributed by atoms with Crippen molar-refractivity contribution in [1.82, 2.24) is 4.98 Å². The number of rotatable bonds is 6. The zero-order valence-corrected chi connectivity index (χ0v) is 13.1. The lowest BCUT2D eigenvalue weighted by Crippen LogP contribution is -2.19. The number of nitrogens with one attached hydrogen (secondary N) is 1. The molecule has 0 fully saturated rings. The SMILES string of the molecule is CC(C)(C)CNc1nc2ccc(OCC(=CF)CN)cc2o1. The number of fused-ring (bicyclic) bond motifs is 1. The van der Waals surface area contributed by atoms with Gasteiger partial charge in [0.1, 0.15) is 17.9 Å². The van der Waals surface area contributed by atoms with Crippen LogP contribution in [0.25, 0.3) is 11.1 Å². The molecule has 1 aromatic heterocycles. The lowest BCUT2D eigenvalue weighted by atomic mass is 9.97. The Morgan fingerprint density at radius 1 is 1.45 bits per heavy atom. The van der Waals surface area contributed by atoms with Crippen molar-refractivity contribution in [2.45, 2.75) is 20.8 Å². The van der Waals surface area contributed by atoms with E-state index in [-0.39, 0.29) is 18.6 Å². The third-order valence-electron chi connectivity index (χ3n) is 2.97. The minimum absolute atomic E-state index is 0.113. The van der Waals surface area contributed by atoms with E-state index in [0.29, 0.717) is 29.3 Å². The van der Waals surface area contributed by atoms with Crippen molar-refractivity contribution in [2.75, 3.05) is 25.0 Å². The molecule has 6 heteroatoms. The number of hydrogen-bond acceptors (Lipinski definition) is 5. The van der Waals surface area contributed by atoms with Gasteiger partial charge in [0.25, 0.3) is 6.01 Å². The van der Waals surface area contributed by atoms with Crippen LogP contribution in [0.3, 0.4) is 0 Å². The van der Waals surface area contributed by atoms with Crippen LogP contribution in [0.2, 0.25) is 0 Å². The Kier molecular flexibility index (Phi) is 5.03. The Bertz CT molecular complexity index is 659. The number of halogens is 1. The summed E-state index contributed by atoms with van der Waals surface area (Å²) in [6, 6.07) is 5.78. The molecule has 0 radical (unpaired) electrons. The zero-order chi connectivity index (χ0) is 16.2. The van der Waals surface area contributed by atoms with Crippen LogP contribution in [-0.2, 0) is 0 Å². The maximum Gasteiger partial charge on any atom is 0.295 e. The summed E-state index contributed by atoms with van der Waals surface area (Å²) in [6.07, 6.45) is 0.474. The first-order valence-corrected chi connectivity index (χ1v) is 7.17. The molecule has 120 valence electrons. The van der Waals surface area contributed by atoms with E-state index in [2.05, 4.69) is 31.1 Å². The van der Waals surface area contributed by atoms with Crippen LogP contribution in [0.4, 0.5) is 10.4 Å². The summed E-state index contributed by atoms with van der Waals surface area (Å²) in [4.78, 5) is 4.36. The third-order valence-corrected chi connectivity index (χ3v) is 2.97. The molecule has 3 N–H and O–H groups in total. The van der Waals surface area contributed by atoms with E-state index in [9.17, 15) is 4.39 Å². The molecule has 0 amide bonds. The summed E-state index contributed by atoms with van der Waals surface area (Å²) in [5.74, 6) is 0.582. The molecule has 2 rings (SSSR count). The molecule has 1 aromatic carbocycles. The monoisotopic (exact) mass is 307 g/mol. The standard InChI is InChI=1S/C16H22FN3O2/c1-16(2,3)10-19-15-20-13-5-4-12(6-14(13)22-15)21-9-11(7-17)8-18/h4-7H,8-10,18H2,1-3H3,(H,19,20). The molecule has 5 nitrogen and oxygen atoms in total. The van der Waals surface area contributed by atoms with Gasteiger partial charge in [-0.1, -0.05) is 20.8 Å². The van der Waals surface area contributed by atoms with Gasteiger partial charge in [0, 0.05) is 24.7 Å². The largest absolute Gasteiger partial charge is 0.489 e. The van der Waals surface area contributed by atoms with Crippen LogP contribution < -0.4 is 15.8 Å². The molecule has 0 saturated heterocycles. The first-order valence-electron chi connectivity index (χ1n) is 7.17. The average Bonchev–Trinajstić information content (AvgIpc) is 2.87. The number of benzene rings is 1. The summed E-state index contributed by atoms with van der Waals surface area (Å²) < 4.78 is 23.6. The van der Waals surface area contributed by atoms with Gasteiger partial charge in [-0.25, -0.2) is 4.39 Å². The second-order valence-electron chi connectivity index (χ2n) is 6.32. The summed E-state index contributed by atoms with van der Waals surface area (Å²) >= 11 is 0. The molecule has 0 atom stereocenters. The normalized spacial score (nSPS) is 12.7. The maximum absolute atomic E-state index is 12.4. The van der Waals surface area contributed by atoms with Crippen molar-refractivity contribution < 1.29 is 13.5 Å². The summed E-state index contributed by atoms with van der Waals surface area (Å²) in [6.45, 7) is 7.38. The van der Waals surface area contributed by atoms with Gasteiger partial charge in [0.15, 0.2) is 5.58 Å². The van der Waals surface area contributed by atoms with Gasteiger partial charge >= 0.3 is 0 Å². The fourth-order valence-electron chi connectivity index (χ4n) is 1.72. The fourth-order valence-corrected chi connectivity index (χ4v) is 1.72. The van der Waals surface area contributed by atoms with Crippen molar-refractivity contribution >= 4 is 17.1 Å². The number of ether oxygens (including phenoxy) is 1. The van der Waals surface area contributed by atoms with Gasteiger partial charge < -0.3 is 20.2 Å². The van der Waals surface area contributed by atoms with Crippen LogP contribution in [0.1, 0.15) is 20.8 Å². The first-order chi connectivity index (χ1) is 10.4. The Morgan fingerprint density at radius 2 is 2.23 bits per heavy atom. The molecule has 22 heavy (non-hydrogen) atoms. The molecule has 1 heterocycles. The predicted molar refractivity (Wildman–Crippen MR) is 85.7 cm³/mol. The Morgan fingerprint density at radius 3 is 2.86 bits per heavy atom. The van der Waals surface area contributed by atoms with Crippen LogP contribution in [0.5, 0.6) is 5.75 Å². The molecule has 0 saturated carbocycles. The van der Waals surface area contributed by atoms with Crippen molar-refractivity contribution in [3.63, 3.8) is 0 Å². The number of nitrogens with two attached hydrogens (primary N) is 1. The van der Waals surface area contributed by atoms with Gasteiger partial charge in [-0.2, -0.15) is 4.98 Å². The van der Waals surface area contributed by atoms with E-state index in [1.807, 2.05) is 0 Å². The molecule has 0 spiro atoms. The fraction of sp³-hybridized carbons (Fsp3) is 0.438. The summed E-state index contributed by atoms with van der Waals surface area (Å²) in [5.41, 5.74) is 7.27. The van der Waals surface area contributed by atoms with Crippen molar-refractivity contribution in [2.24, 2.45) is 11.1 Å². The van der Waals surface area contributed by atoms with Crippen molar-refractivity contribution in [3.05, 3.63) is 30.1 Å². The topological polar surface area (TPSA) is 73.3 Å². The number of hydrogen-bond donors (Lipinski definition) is 2. The lowest BCUT2D eigenvalue weighted by molar-refractivity contribution is 0.347. The number of anilines is 1. The second-order valence-corrected chi connectivity index (χ2v) is 6.32. The highest BCUT2D eigenvalue weighted by atomic mass is 19.1. The molecule has 0 aliphatic heterocycles. The van der Waals surface area contributed by atoms with Crippen molar-refractivity contribution in [1.29, 1.82) is 0 Å². The van der Waals surface area contributed by atoms with Crippen molar-refractivity contribution in [3.8, 4) is 5.75 Å². The van der Waals surface area contributed by atoms with Crippen LogP contribution in [-0.4, -0.2) is 24.7 Å². The summed E-state index contributed by atoms with van der Waals surface area (Å²) in [7, 11) is 0. The second kappa shape index (κ2) is 6.79. The predicted octanol–water partition coefficient (Wildman–Crippen LogP) is 3.48. The van der Waals surface area contributed by atoms with Gasteiger partial charge in [-0.3, -0.25) is 0 Å². The van der Waals surface area contributed by atoms with E-state index in [4.69, 9.17) is 14.9 Å². The van der Waals surface area contributed by atoms with E-state index in [1.165, 1.54) is 0 Å². The molecule has 0 aliphatic rings. The quantitative estimate of drug-likeness (QED) is 0.854.